The molecular weight excluding hydrogens is 264 g/mol. The number of aromatic nitrogens is 1. The fraction of sp³-hybridized carbons (Fsp3) is 0.538. The second-order valence-electron chi connectivity index (χ2n) is 4.19. The molecule has 1 aromatic rings. The molecule has 1 rings (SSSR count). The zero-order valence-electron chi connectivity index (χ0n) is 11.7. The molecule has 0 radical (unpaired) electrons. The summed E-state index contributed by atoms with van der Waals surface area (Å²) in [6.45, 7) is 1.73. The summed E-state index contributed by atoms with van der Waals surface area (Å²) in [5.41, 5.74) is 0.0942. The number of nitrogens with zero attached hydrogens (tertiary/aromatic N) is 2. The zero-order valence-corrected chi connectivity index (χ0v) is 11.7. The lowest BCUT2D eigenvalue weighted by atomic mass is 10.4. The van der Waals surface area contributed by atoms with Crippen molar-refractivity contribution in [3.8, 4) is 0 Å². The molecular formula is C13H20N2O5. The maximum atomic E-state index is 12.2. The molecule has 1 N–H and O–H groups in total. The van der Waals surface area contributed by atoms with Crippen LogP contribution < -0.4 is 0 Å². The Morgan fingerprint density at radius 1 is 1.25 bits per heavy atom. The third kappa shape index (κ3) is 4.67. The van der Waals surface area contributed by atoms with Crippen LogP contribution in [0, 0.1) is 0 Å². The molecule has 1 amide bonds. The molecule has 0 spiro atoms. The Balaban J connectivity index is 2.68. The Labute approximate surface area is 117 Å². The van der Waals surface area contributed by atoms with Crippen LogP contribution in [-0.2, 0) is 20.8 Å². The van der Waals surface area contributed by atoms with Gasteiger partial charge in [0, 0.05) is 33.5 Å². The van der Waals surface area contributed by atoms with Gasteiger partial charge in [0.1, 0.15) is 12.2 Å². The molecule has 0 fully saturated rings. The smallest absolute Gasteiger partial charge is 0.352 e. The van der Waals surface area contributed by atoms with Crippen LogP contribution in [-0.4, -0.2) is 67.0 Å². The highest BCUT2D eigenvalue weighted by Gasteiger charge is 2.16. The summed E-state index contributed by atoms with van der Waals surface area (Å²) in [6, 6.07) is 3.07. The number of carbonyl (C=O) groups is 2. The Morgan fingerprint density at radius 3 is 2.35 bits per heavy atom. The Kier molecular flexibility index (Phi) is 6.75. The molecule has 0 atom stereocenters. The van der Waals surface area contributed by atoms with Crippen molar-refractivity contribution in [2.24, 2.45) is 0 Å². The van der Waals surface area contributed by atoms with E-state index >= 15 is 0 Å². The van der Waals surface area contributed by atoms with Crippen molar-refractivity contribution >= 4 is 11.9 Å². The first-order chi connectivity index (χ1) is 9.60. The molecule has 0 saturated carbocycles. The van der Waals surface area contributed by atoms with Gasteiger partial charge in [0.2, 0.25) is 5.91 Å². The van der Waals surface area contributed by atoms with Crippen LogP contribution in [0.3, 0.4) is 0 Å². The number of ether oxygens (including phenoxy) is 2. The zero-order chi connectivity index (χ0) is 15.0. The average Bonchev–Trinajstić information content (AvgIpc) is 2.87. The summed E-state index contributed by atoms with van der Waals surface area (Å²) < 4.78 is 11.3. The minimum atomic E-state index is -1.05. The van der Waals surface area contributed by atoms with E-state index in [-0.39, 0.29) is 18.1 Å². The van der Waals surface area contributed by atoms with E-state index in [1.54, 1.807) is 31.4 Å². The van der Waals surface area contributed by atoms with Gasteiger partial charge in [0.15, 0.2) is 0 Å². The van der Waals surface area contributed by atoms with Crippen molar-refractivity contribution in [3.05, 3.63) is 24.0 Å². The highest BCUT2D eigenvalue weighted by molar-refractivity contribution is 5.86. The van der Waals surface area contributed by atoms with Crippen molar-refractivity contribution in [1.29, 1.82) is 0 Å². The van der Waals surface area contributed by atoms with Gasteiger partial charge in [-0.2, -0.15) is 0 Å². The quantitative estimate of drug-likeness (QED) is 0.705. The minimum Gasteiger partial charge on any atom is -0.477 e. The van der Waals surface area contributed by atoms with Crippen molar-refractivity contribution in [2.75, 3.05) is 40.5 Å². The summed E-state index contributed by atoms with van der Waals surface area (Å²) in [4.78, 5) is 24.8. The molecule has 0 bridgehead atoms. The molecule has 112 valence electrons. The number of hydrogen-bond donors (Lipinski definition) is 1. The Bertz CT molecular complexity index is 436. The number of carboxylic acid groups (broad SMARTS) is 1. The highest BCUT2D eigenvalue weighted by Crippen LogP contribution is 2.04. The summed E-state index contributed by atoms with van der Waals surface area (Å²) in [5.74, 6) is -1.22. The van der Waals surface area contributed by atoms with Crippen molar-refractivity contribution < 1.29 is 24.2 Å². The first-order valence-corrected chi connectivity index (χ1v) is 6.24. The number of hydrogen-bond acceptors (Lipinski definition) is 4. The maximum Gasteiger partial charge on any atom is 0.352 e. The first kappa shape index (κ1) is 16.2. The molecule has 20 heavy (non-hydrogen) atoms. The topological polar surface area (TPSA) is 81.0 Å². The third-order valence-corrected chi connectivity index (χ3v) is 2.84. The van der Waals surface area contributed by atoms with Gasteiger partial charge < -0.3 is 24.0 Å². The molecule has 0 aliphatic carbocycles. The van der Waals surface area contributed by atoms with Crippen LogP contribution in [0.5, 0.6) is 0 Å². The van der Waals surface area contributed by atoms with Crippen LogP contribution in [0.4, 0.5) is 0 Å². The summed E-state index contributed by atoms with van der Waals surface area (Å²) >= 11 is 0. The van der Waals surface area contributed by atoms with E-state index in [2.05, 4.69) is 0 Å². The van der Waals surface area contributed by atoms with Gasteiger partial charge in [-0.05, 0) is 12.1 Å². The van der Waals surface area contributed by atoms with Gasteiger partial charge in [-0.25, -0.2) is 4.79 Å². The lowest BCUT2D eigenvalue weighted by Crippen LogP contribution is -2.38. The van der Waals surface area contributed by atoms with Crippen LogP contribution in [0.1, 0.15) is 10.5 Å². The fourth-order valence-corrected chi connectivity index (χ4v) is 1.76. The van der Waals surface area contributed by atoms with Gasteiger partial charge >= 0.3 is 5.97 Å². The molecule has 0 saturated heterocycles. The predicted molar refractivity (Wildman–Crippen MR) is 71.7 cm³/mol. The first-order valence-electron chi connectivity index (χ1n) is 6.24. The number of aromatic carboxylic acids is 1. The largest absolute Gasteiger partial charge is 0.477 e. The van der Waals surface area contributed by atoms with Gasteiger partial charge in [-0.15, -0.1) is 0 Å². The number of methoxy groups -OCH3 is 2. The van der Waals surface area contributed by atoms with E-state index in [4.69, 9.17) is 14.6 Å². The Morgan fingerprint density at radius 2 is 1.85 bits per heavy atom. The average molecular weight is 284 g/mol. The van der Waals surface area contributed by atoms with Crippen LogP contribution >= 0.6 is 0 Å². The van der Waals surface area contributed by atoms with E-state index in [1.807, 2.05) is 0 Å². The van der Waals surface area contributed by atoms with E-state index in [9.17, 15) is 9.59 Å². The van der Waals surface area contributed by atoms with Crippen molar-refractivity contribution in [1.82, 2.24) is 9.47 Å². The lowest BCUT2D eigenvalue weighted by Gasteiger charge is -2.22. The molecule has 0 aliphatic heterocycles. The van der Waals surface area contributed by atoms with Crippen LogP contribution in [0.2, 0.25) is 0 Å². The second-order valence-corrected chi connectivity index (χ2v) is 4.19. The fourth-order valence-electron chi connectivity index (χ4n) is 1.76. The summed E-state index contributed by atoms with van der Waals surface area (Å²) in [5, 5.41) is 9.00. The van der Waals surface area contributed by atoms with Gasteiger partial charge in [0.25, 0.3) is 0 Å². The molecule has 7 nitrogen and oxygen atoms in total. The third-order valence-electron chi connectivity index (χ3n) is 2.84. The second kappa shape index (κ2) is 8.34. The monoisotopic (exact) mass is 284 g/mol. The molecule has 0 unspecified atom stereocenters. The molecule has 7 heteroatoms. The minimum absolute atomic E-state index is 0.0118. The van der Waals surface area contributed by atoms with Crippen LogP contribution in [0.15, 0.2) is 18.3 Å². The molecule has 0 aliphatic rings. The summed E-state index contributed by atoms with van der Waals surface area (Å²) in [7, 11) is 3.13. The van der Waals surface area contributed by atoms with Gasteiger partial charge in [-0.3, -0.25) is 4.79 Å². The molecule has 0 aromatic carbocycles. The number of amides is 1. The highest BCUT2D eigenvalue weighted by atomic mass is 16.5. The maximum absolute atomic E-state index is 12.2. The van der Waals surface area contributed by atoms with E-state index < -0.39 is 5.97 Å². The molecule has 1 aromatic heterocycles. The van der Waals surface area contributed by atoms with Gasteiger partial charge in [0.05, 0.1) is 13.2 Å². The Hall–Kier alpha value is -1.86. The van der Waals surface area contributed by atoms with Crippen LogP contribution in [0.25, 0.3) is 0 Å². The number of carbonyl (C=O) groups excluding carboxylic acids is 1. The molecule has 1 heterocycles. The standard InChI is InChI=1S/C13H20N2O5/c1-19-8-6-14(7-9-20-2)12(16)10-15-5-3-4-11(15)13(17)18/h3-5H,6-10H2,1-2H3,(H,17,18). The van der Waals surface area contributed by atoms with Crippen molar-refractivity contribution in [2.45, 2.75) is 6.54 Å². The SMILES string of the molecule is COCCN(CCOC)C(=O)Cn1cccc1C(=O)O. The number of carboxylic acids is 1. The van der Waals surface area contributed by atoms with E-state index in [1.165, 1.54) is 10.6 Å². The normalized spacial score (nSPS) is 10.5. The number of rotatable bonds is 9. The van der Waals surface area contributed by atoms with E-state index in [0.717, 1.165) is 0 Å². The predicted octanol–water partition coefficient (Wildman–Crippen LogP) is 0.308. The van der Waals surface area contributed by atoms with Gasteiger partial charge in [-0.1, -0.05) is 0 Å². The van der Waals surface area contributed by atoms with E-state index in [0.29, 0.717) is 26.3 Å². The lowest BCUT2D eigenvalue weighted by molar-refractivity contribution is -0.133. The summed E-state index contributed by atoms with van der Waals surface area (Å²) in [6.07, 6.45) is 1.58. The van der Waals surface area contributed by atoms with Crippen molar-refractivity contribution in [3.63, 3.8) is 0 Å².